The van der Waals surface area contributed by atoms with Crippen LogP contribution in [0.2, 0.25) is 0 Å². The van der Waals surface area contributed by atoms with Crippen LogP contribution in [0, 0.1) is 0 Å². The minimum absolute atomic E-state index is 0.0800. The van der Waals surface area contributed by atoms with Gasteiger partial charge in [0.1, 0.15) is 18.1 Å². The summed E-state index contributed by atoms with van der Waals surface area (Å²) in [6.45, 7) is 1.50. The highest BCUT2D eigenvalue weighted by Gasteiger charge is 2.35. The molecule has 1 fully saturated rings. The van der Waals surface area contributed by atoms with Gasteiger partial charge in [-0.15, -0.1) is 0 Å². The van der Waals surface area contributed by atoms with Gasteiger partial charge in [0.25, 0.3) is 0 Å². The molecule has 2 rings (SSSR count). The van der Waals surface area contributed by atoms with Gasteiger partial charge in [0.2, 0.25) is 0 Å². The van der Waals surface area contributed by atoms with Crippen LogP contribution in [0.3, 0.4) is 0 Å². The van der Waals surface area contributed by atoms with E-state index in [9.17, 15) is 9.90 Å². The summed E-state index contributed by atoms with van der Waals surface area (Å²) in [6, 6.07) is 0. The molecule has 0 aromatic carbocycles. The molecule has 0 radical (unpaired) electrons. The first-order valence-electron chi connectivity index (χ1n) is 7.74. The molecule has 2 heterocycles. The summed E-state index contributed by atoms with van der Waals surface area (Å²) in [7, 11) is 0. The first-order chi connectivity index (χ1) is 11.6. The minimum Gasteiger partial charge on any atom is -0.394 e. The summed E-state index contributed by atoms with van der Waals surface area (Å²) in [5, 5.41) is 18.9. The topological polar surface area (TPSA) is 155 Å². The van der Waals surface area contributed by atoms with E-state index in [2.05, 4.69) is 4.98 Å². The Bertz CT molecular complexity index is 581. The fraction of sp³-hybridized carbons (Fsp3) is 0.714. The second kappa shape index (κ2) is 9.06. The van der Waals surface area contributed by atoms with Gasteiger partial charge in [-0.1, -0.05) is 0 Å². The molecule has 1 aromatic heterocycles. The SMILES string of the molecule is NCCOCCOCc1cn([C@H]2C[C@H](O)[C@@H](CO)O2)c(=O)nc1N. The third-order valence-corrected chi connectivity index (χ3v) is 3.65. The normalized spacial score (nSPS) is 23.7. The van der Waals surface area contributed by atoms with E-state index in [1.54, 1.807) is 0 Å². The number of aromatic nitrogens is 2. The Morgan fingerprint density at radius 3 is 2.79 bits per heavy atom. The molecule has 10 heteroatoms. The van der Waals surface area contributed by atoms with E-state index in [0.717, 1.165) is 0 Å². The van der Waals surface area contributed by atoms with Crippen LogP contribution in [0.15, 0.2) is 11.0 Å². The van der Waals surface area contributed by atoms with E-state index in [1.165, 1.54) is 10.8 Å². The van der Waals surface area contributed by atoms with Crippen LogP contribution in [-0.2, 0) is 20.8 Å². The van der Waals surface area contributed by atoms with E-state index in [4.69, 9.17) is 30.8 Å². The van der Waals surface area contributed by atoms with Crippen LogP contribution < -0.4 is 17.2 Å². The molecule has 0 amide bonds. The van der Waals surface area contributed by atoms with Crippen LogP contribution in [0.5, 0.6) is 0 Å². The molecule has 0 unspecified atom stereocenters. The highest BCUT2D eigenvalue weighted by molar-refractivity contribution is 5.36. The molecule has 1 aliphatic rings. The van der Waals surface area contributed by atoms with Crippen molar-refractivity contribution in [3.63, 3.8) is 0 Å². The second-order valence-corrected chi connectivity index (χ2v) is 5.41. The van der Waals surface area contributed by atoms with Crippen LogP contribution in [-0.4, -0.2) is 64.9 Å². The van der Waals surface area contributed by atoms with Crippen molar-refractivity contribution in [1.29, 1.82) is 0 Å². The quantitative estimate of drug-likeness (QED) is 0.371. The largest absolute Gasteiger partial charge is 0.394 e. The molecule has 6 N–H and O–H groups in total. The molecule has 0 aliphatic carbocycles. The Labute approximate surface area is 138 Å². The van der Waals surface area contributed by atoms with Gasteiger partial charge in [-0.05, 0) is 0 Å². The molecule has 10 nitrogen and oxygen atoms in total. The molecule has 1 saturated heterocycles. The number of hydrogen-bond donors (Lipinski definition) is 4. The number of ether oxygens (including phenoxy) is 3. The van der Waals surface area contributed by atoms with Gasteiger partial charge in [-0.25, -0.2) is 4.79 Å². The average Bonchev–Trinajstić information content (AvgIpc) is 2.93. The van der Waals surface area contributed by atoms with E-state index in [-0.39, 0.29) is 25.5 Å². The Kier molecular flexibility index (Phi) is 7.09. The fourth-order valence-corrected chi connectivity index (χ4v) is 2.37. The molecule has 1 aliphatic heterocycles. The van der Waals surface area contributed by atoms with Gasteiger partial charge in [-0.3, -0.25) is 4.57 Å². The third kappa shape index (κ3) is 4.72. The summed E-state index contributed by atoms with van der Waals surface area (Å²) >= 11 is 0. The number of rotatable bonds is 9. The van der Waals surface area contributed by atoms with Crippen LogP contribution >= 0.6 is 0 Å². The lowest BCUT2D eigenvalue weighted by Gasteiger charge is -2.16. The van der Waals surface area contributed by atoms with Gasteiger partial charge < -0.3 is 35.9 Å². The molecular formula is C14H24N4O6. The first kappa shape index (κ1) is 18.8. The zero-order valence-electron chi connectivity index (χ0n) is 13.3. The van der Waals surface area contributed by atoms with E-state index in [0.29, 0.717) is 31.9 Å². The van der Waals surface area contributed by atoms with Crippen molar-refractivity contribution in [3.05, 3.63) is 22.2 Å². The lowest BCUT2D eigenvalue weighted by molar-refractivity contribution is -0.0460. The highest BCUT2D eigenvalue weighted by atomic mass is 16.5. The number of nitrogens with zero attached hydrogens (tertiary/aromatic N) is 2. The fourth-order valence-electron chi connectivity index (χ4n) is 2.37. The summed E-state index contributed by atoms with van der Waals surface area (Å²) < 4.78 is 17.3. The van der Waals surface area contributed by atoms with Crippen molar-refractivity contribution in [2.24, 2.45) is 5.73 Å². The van der Waals surface area contributed by atoms with E-state index in [1.807, 2.05) is 0 Å². The molecule has 0 spiro atoms. The van der Waals surface area contributed by atoms with Crippen molar-refractivity contribution in [2.45, 2.75) is 31.5 Å². The lowest BCUT2D eigenvalue weighted by Crippen LogP contribution is -2.29. The van der Waals surface area contributed by atoms with Crippen LogP contribution in [0.4, 0.5) is 5.82 Å². The summed E-state index contributed by atoms with van der Waals surface area (Å²) in [6.07, 6.45) is -0.584. The monoisotopic (exact) mass is 344 g/mol. The molecule has 24 heavy (non-hydrogen) atoms. The Balaban J connectivity index is 1.99. The molecule has 0 saturated carbocycles. The van der Waals surface area contributed by atoms with E-state index >= 15 is 0 Å². The Morgan fingerprint density at radius 1 is 1.38 bits per heavy atom. The lowest BCUT2D eigenvalue weighted by atomic mass is 10.2. The van der Waals surface area contributed by atoms with Crippen molar-refractivity contribution in [1.82, 2.24) is 9.55 Å². The number of nitrogen functional groups attached to an aromatic ring is 1. The zero-order chi connectivity index (χ0) is 17.5. The number of nitrogens with two attached hydrogens (primary N) is 2. The highest BCUT2D eigenvalue weighted by Crippen LogP contribution is 2.27. The maximum Gasteiger partial charge on any atom is 0.351 e. The van der Waals surface area contributed by atoms with Crippen molar-refractivity contribution < 1.29 is 24.4 Å². The van der Waals surface area contributed by atoms with Gasteiger partial charge in [-0.2, -0.15) is 4.98 Å². The van der Waals surface area contributed by atoms with Gasteiger partial charge in [0.15, 0.2) is 0 Å². The number of aliphatic hydroxyl groups excluding tert-OH is 2. The standard InChI is InChI=1S/C14H24N4O6/c15-1-2-22-3-4-23-8-9-6-18(14(21)17-13(9)16)12-5-10(20)11(7-19)24-12/h6,10-12,19-20H,1-5,7-8,15H2,(H2,16,17,21)/t10-,11+,12+/m0/s1. The predicted molar refractivity (Wildman–Crippen MR) is 84.1 cm³/mol. The second-order valence-electron chi connectivity index (χ2n) is 5.41. The Morgan fingerprint density at radius 2 is 2.12 bits per heavy atom. The molecule has 0 bridgehead atoms. The molecular weight excluding hydrogens is 320 g/mol. The maximum atomic E-state index is 12.0. The minimum atomic E-state index is -0.844. The third-order valence-electron chi connectivity index (χ3n) is 3.65. The first-order valence-corrected chi connectivity index (χ1v) is 7.74. The summed E-state index contributed by atoms with van der Waals surface area (Å²) in [5.74, 6) is 0.0800. The van der Waals surface area contributed by atoms with Gasteiger partial charge >= 0.3 is 5.69 Å². The average molecular weight is 344 g/mol. The van der Waals surface area contributed by atoms with Crippen molar-refractivity contribution in [2.75, 3.05) is 38.7 Å². The number of anilines is 1. The summed E-state index contributed by atoms with van der Waals surface area (Å²) in [5.41, 5.74) is 11.0. The summed E-state index contributed by atoms with van der Waals surface area (Å²) in [4.78, 5) is 15.8. The number of aliphatic hydroxyl groups is 2. The maximum absolute atomic E-state index is 12.0. The van der Waals surface area contributed by atoms with Crippen LogP contribution in [0.1, 0.15) is 18.2 Å². The molecule has 136 valence electrons. The molecule has 3 atom stereocenters. The van der Waals surface area contributed by atoms with Crippen molar-refractivity contribution in [3.8, 4) is 0 Å². The Hall–Kier alpha value is -1.56. The smallest absolute Gasteiger partial charge is 0.351 e. The van der Waals surface area contributed by atoms with Crippen molar-refractivity contribution >= 4 is 5.82 Å². The molecule has 1 aromatic rings. The van der Waals surface area contributed by atoms with Crippen LogP contribution in [0.25, 0.3) is 0 Å². The van der Waals surface area contributed by atoms with E-state index < -0.39 is 24.1 Å². The zero-order valence-corrected chi connectivity index (χ0v) is 13.3. The van der Waals surface area contributed by atoms with Gasteiger partial charge in [0, 0.05) is 24.7 Å². The number of hydrogen-bond acceptors (Lipinski definition) is 9. The van der Waals surface area contributed by atoms with Gasteiger partial charge in [0.05, 0.1) is 39.1 Å². The predicted octanol–water partition coefficient (Wildman–Crippen LogP) is -2.04.